The van der Waals surface area contributed by atoms with Gasteiger partial charge in [0.25, 0.3) is 0 Å². The van der Waals surface area contributed by atoms with Gasteiger partial charge < -0.3 is 4.74 Å². The number of rotatable bonds is 3. The van der Waals surface area contributed by atoms with Crippen molar-refractivity contribution in [1.82, 2.24) is 4.90 Å². The van der Waals surface area contributed by atoms with Crippen LogP contribution in [0.15, 0.2) is 72.8 Å². The second-order valence-electron chi connectivity index (χ2n) is 9.55. The Morgan fingerprint density at radius 1 is 1.00 bits per heavy atom. The van der Waals surface area contributed by atoms with Gasteiger partial charge in [0, 0.05) is 12.0 Å². The van der Waals surface area contributed by atoms with Crippen molar-refractivity contribution in [3.05, 3.63) is 101 Å². The lowest BCUT2D eigenvalue weighted by Crippen LogP contribution is -2.43. The van der Waals surface area contributed by atoms with E-state index in [4.69, 9.17) is 10.00 Å². The fourth-order valence-electron chi connectivity index (χ4n) is 6.08. The topological polar surface area (TPSA) is 53.3 Å². The molecule has 1 saturated heterocycles. The summed E-state index contributed by atoms with van der Waals surface area (Å²) in [7, 11) is 0. The lowest BCUT2D eigenvalue weighted by Gasteiger charge is -2.34. The van der Waals surface area contributed by atoms with Crippen molar-refractivity contribution in [2.45, 2.75) is 44.2 Å². The highest BCUT2D eigenvalue weighted by Gasteiger charge is 2.41. The quantitative estimate of drug-likeness (QED) is 0.465. The van der Waals surface area contributed by atoms with Gasteiger partial charge in [-0.1, -0.05) is 60.7 Å². The molecule has 4 nitrogen and oxygen atoms in total. The third kappa shape index (κ3) is 3.31. The average Bonchev–Trinajstić information content (AvgIpc) is 3.33. The van der Waals surface area contributed by atoms with Gasteiger partial charge in [0.2, 0.25) is 0 Å². The Hall–Kier alpha value is -3.84. The zero-order valence-electron chi connectivity index (χ0n) is 19.2. The van der Waals surface area contributed by atoms with Crippen molar-refractivity contribution in [2.75, 3.05) is 6.61 Å². The van der Waals surface area contributed by atoms with Gasteiger partial charge in [0.1, 0.15) is 6.61 Å². The number of carbonyl (C=O) groups is 1. The van der Waals surface area contributed by atoms with Gasteiger partial charge >= 0.3 is 6.09 Å². The summed E-state index contributed by atoms with van der Waals surface area (Å²) in [4.78, 5) is 15.2. The first-order valence-corrected chi connectivity index (χ1v) is 12.0. The number of benzene rings is 3. The predicted molar refractivity (Wildman–Crippen MR) is 132 cm³/mol. The standard InChI is InChI=1S/C30H26N2O2/c1-19-14-20(17-31)10-13-24(19)21-15-22-11-12-23(16-21)32(22)30(33)34-18-29-27-8-4-2-6-25(27)26-7-3-5-9-28(26)29/h2-10,13-15,22-23,29H,11-12,16,18H2,1H3. The van der Waals surface area contributed by atoms with Crippen LogP contribution in [0.25, 0.3) is 16.7 Å². The summed E-state index contributed by atoms with van der Waals surface area (Å²) >= 11 is 0. The van der Waals surface area contributed by atoms with E-state index in [9.17, 15) is 4.79 Å². The van der Waals surface area contributed by atoms with Crippen LogP contribution in [0, 0.1) is 18.3 Å². The monoisotopic (exact) mass is 446 g/mol. The van der Waals surface area contributed by atoms with E-state index in [0.29, 0.717) is 12.2 Å². The average molecular weight is 447 g/mol. The molecular weight excluding hydrogens is 420 g/mol. The summed E-state index contributed by atoms with van der Waals surface area (Å²) in [6.07, 6.45) is 4.81. The summed E-state index contributed by atoms with van der Waals surface area (Å²) in [6, 6.07) is 25.1. The minimum absolute atomic E-state index is 0.0689. The Bertz CT molecular complexity index is 1320. The molecule has 168 valence electrons. The molecule has 2 aliphatic heterocycles. The van der Waals surface area contributed by atoms with E-state index in [1.165, 1.54) is 33.4 Å². The number of aryl methyl sites for hydroxylation is 1. The second-order valence-corrected chi connectivity index (χ2v) is 9.55. The van der Waals surface area contributed by atoms with Crippen LogP contribution < -0.4 is 0 Å². The minimum Gasteiger partial charge on any atom is -0.448 e. The fraction of sp³-hybridized carbons (Fsp3) is 0.267. The van der Waals surface area contributed by atoms with Crippen molar-refractivity contribution >= 4 is 11.7 Å². The molecule has 34 heavy (non-hydrogen) atoms. The lowest BCUT2D eigenvalue weighted by molar-refractivity contribution is 0.0866. The predicted octanol–water partition coefficient (Wildman–Crippen LogP) is 6.44. The molecule has 2 heterocycles. The number of hydrogen-bond acceptors (Lipinski definition) is 3. The molecular formula is C30H26N2O2. The Labute approximate surface area is 200 Å². The highest BCUT2D eigenvalue weighted by molar-refractivity contribution is 5.79. The Morgan fingerprint density at radius 2 is 1.71 bits per heavy atom. The Morgan fingerprint density at radius 3 is 2.35 bits per heavy atom. The van der Waals surface area contributed by atoms with E-state index >= 15 is 0 Å². The van der Waals surface area contributed by atoms with E-state index in [2.05, 4.69) is 67.6 Å². The van der Waals surface area contributed by atoms with Crippen LogP contribution in [0.5, 0.6) is 0 Å². The van der Waals surface area contributed by atoms with E-state index < -0.39 is 0 Å². The SMILES string of the molecule is Cc1cc(C#N)ccc1C1=CC2CCC(C1)N2C(=O)OCC1c2ccccc2-c2ccccc21. The molecule has 6 rings (SSSR count). The van der Waals surface area contributed by atoms with E-state index in [1.54, 1.807) is 0 Å². The van der Waals surface area contributed by atoms with Crippen LogP contribution in [-0.2, 0) is 4.74 Å². The van der Waals surface area contributed by atoms with Crippen molar-refractivity contribution < 1.29 is 9.53 Å². The van der Waals surface area contributed by atoms with E-state index in [1.807, 2.05) is 23.1 Å². The number of fused-ring (bicyclic) bond motifs is 5. The van der Waals surface area contributed by atoms with Gasteiger partial charge in [-0.15, -0.1) is 0 Å². The molecule has 1 amide bonds. The smallest absolute Gasteiger partial charge is 0.410 e. The zero-order valence-corrected chi connectivity index (χ0v) is 19.2. The van der Waals surface area contributed by atoms with E-state index in [-0.39, 0.29) is 24.1 Å². The zero-order chi connectivity index (χ0) is 23.2. The van der Waals surface area contributed by atoms with Gasteiger partial charge in [-0.05, 0) is 77.3 Å². The van der Waals surface area contributed by atoms with Crippen LogP contribution in [-0.4, -0.2) is 29.7 Å². The number of carbonyl (C=O) groups excluding carboxylic acids is 1. The van der Waals surface area contributed by atoms with Crippen molar-refractivity contribution in [2.24, 2.45) is 0 Å². The van der Waals surface area contributed by atoms with Crippen LogP contribution >= 0.6 is 0 Å². The van der Waals surface area contributed by atoms with Crippen LogP contribution in [0.2, 0.25) is 0 Å². The lowest BCUT2D eigenvalue weighted by atomic mass is 9.91. The first kappa shape index (κ1) is 20.7. The molecule has 0 radical (unpaired) electrons. The number of hydrogen-bond donors (Lipinski definition) is 0. The van der Waals surface area contributed by atoms with Gasteiger partial charge in [-0.2, -0.15) is 5.26 Å². The van der Waals surface area contributed by atoms with Crippen LogP contribution in [0.3, 0.4) is 0 Å². The van der Waals surface area contributed by atoms with Gasteiger partial charge in [-0.3, -0.25) is 4.90 Å². The molecule has 4 heteroatoms. The van der Waals surface area contributed by atoms with Crippen LogP contribution in [0.4, 0.5) is 4.79 Å². The van der Waals surface area contributed by atoms with Crippen molar-refractivity contribution in [3.8, 4) is 17.2 Å². The number of ether oxygens (including phenoxy) is 1. The molecule has 3 aliphatic rings. The third-order valence-corrected chi connectivity index (χ3v) is 7.64. The maximum Gasteiger partial charge on any atom is 0.410 e. The first-order chi connectivity index (χ1) is 16.6. The summed E-state index contributed by atoms with van der Waals surface area (Å²) in [5.74, 6) is 0.0752. The molecule has 0 aromatic heterocycles. The number of nitriles is 1. The summed E-state index contributed by atoms with van der Waals surface area (Å²) in [6.45, 7) is 2.41. The normalized spacial score (nSPS) is 20.4. The maximum absolute atomic E-state index is 13.3. The molecule has 2 atom stereocenters. The Kier molecular flexibility index (Phi) is 4.99. The van der Waals surface area contributed by atoms with Gasteiger partial charge in [0.15, 0.2) is 0 Å². The fourth-order valence-corrected chi connectivity index (χ4v) is 6.08. The molecule has 0 spiro atoms. The molecule has 1 aliphatic carbocycles. The molecule has 0 saturated carbocycles. The number of nitrogens with zero attached hydrogens (tertiary/aromatic N) is 2. The molecule has 2 unspecified atom stereocenters. The summed E-state index contributed by atoms with van der Waals surface area (Å²) in [5, 5.41) is 9.17. The third-order valence-electron chi connectivity index (χ3n) is 7.64. The number of amides is 1. The van der Waals surface area contributed by atoms with Crippen molar-refractivity contribution in [1.29, 1.82) is 5.26 Å². The molecule has 3 aromatic rings. The summed E-state index contributed by atoms with van der Waals surface area (Å²) in [5.41, 5.74) is 9.19. The highest BCUT2D eigenvalue weighted by Crippen LogP contribution is 2.45. The molecule has 2 bridgehead atoms. The highest BCUT2D eigenvalue weighted by atomic mass is 16.6. The van der Waals surface area contributed by atoms with Gasteiger partial charge in [0.05, 0.1) is 17.7 Å². The molecule has 0 N–H and O–H groups in total. The van der Waals surface area contributed by atoms with E-state index in [0.717, 1.165) is 24.8 Å². The molecule has 1 fully saturated rings. The summed E-state index contributed by atoms with van der Waals surface area (Å²) < 4.78 is 5.98. The second kappa shape index (κ2) is 8.18. The first-order valence-electron chi connectivity index (χ1n) is 12.0. The maximum atomic E-state index is 13.3. The Balaban J connectivity index is 1.20. The largest absolute Gasteiger partial charge is 0.448 e. The van der Waals surface area contributed by atoms with Crippen LogP contribution in [0.1, 0.15) is 53.0 Å². The van der Waals surface area contributed by atoms with Gasteiger partial charge in [-0.25, -0.2) is 4.79 Å². The van der Waals surface area contributed by atoms with Crippen molar-refractivity contribution in [3.63, 3.8) is 0 Å². The minimum atomic E-state index is -0.207. The molecule has 3 aromatic carbocycles.